The molecule has 1 aliphatic heterocycles. The Balaban J connectivity index is 2.23. The molecular weight excluding hydrogens is 214 g/mol. The zero-order valence-electron chi connectivity index (χ0n) is 9.79. The van der Waals surface area contributed by atoms with E-state index in [0.717, 1.165) is 11.5 Å². The Kier molecular flexibility index (Phi) is 3.28. The SMILES string of the molecule is C#CC(C)(C)NC1CSCc2ccccc21. The maximum atomic E-state index is 5.52. The Labute approximate surface area is 102 Å². The van der Waals surface area contributed by atoms with Crippen LogP contribution in [0.1, 0.15) is 31.0 Å². The highest BCUT2D eigenvalue weighted by Crippen LogP contribution is 2.32. The lowest BCUT2D eigenvalue weighted by atomic mass is 9.98. The van der Waals surface area contributed by atoms with Crippen molar-refractivity contribution in [2.24, 2.45) is 0 Å². The van der Waals surface area contributed by atoms with Crippen molar-refractivity contribution in [2.45, 2.75) is 31.2 Å². The summed E-state index contributed by atoms with van der Waals surface area (Å²) in [5.74, 6) is 5.01. The molecule has 1 heterocycles. The first-order valence-electron chi connectivity index (χ1n) is 5.53. The second kappa shape index (κ2) is 4.53. The summed E-state index contributed by atoms with van der Waals surface area (Å²) in [7, 11) is 0. The normalized spacial score (nSPS) is 19.9. The Morgan fingerprint density at radius 2 is 2.19 bits per heavy atom. The summed E-state index contributed by atoms with van der Waals surface area (Å²) in [5, 5.41) is 3.54. The average molecular weight is 231 g/mol. The van der Waals surface area contributed by atoms with Gasteiger partial charge >= 0.3 is 0 Å². The molecular formula is C14H17NS. The molecule has 0 fully saturated rings. The van der Waals surface area contributed by atoms with Crippen LogP contribution < -0.4 is 5.32 Å². The second-order valence-electron chi connectivity index (χ2n) is 4.68. The monoisotopic (exact) mass is 231 g/mol. The van der Waals surface area contributed by atoms with E-state index in [1.54, 1.807) is 0 Å². The number of hydrogen-bond acceptors (Lipinski definition) is 2. The van der Waals surface area contributed by atoms with Gasteiger partial charge in [-0.25, -0.2) is 0 Å². The van der Waals surface area contributed by atoms with E-state index < -0.39 is 0 Å². The van der Waals surface area contributed by atoms with Crippen molar-refractivity contribution in [3.05, 3.63) is 35.4 Å². The lowest BCUT2D eigenvalue weighted by Gasteiger charge is -2.32. The molecule has 1 N–H and O–H groups in total. The van der Waals surface area contributed by atoms with Crippen molar-refractivity contribution in [3.8, 4) is 12.3 Å². The number of rotatable bonds is 2. The first-order chi connectivity index (χ1) is 7.62. The summed E-state index contributed by atoms with van der Waals surface area (Å²) in [4.78, 5) is 0. The van der Waals surface area contributed by atoms with E-state index in [1.807, 2.05) is 11.8 Å². The van der Waals surface area contributed by atoms with Gasteiger partial charge in [0, 0.05) is 17.5 Å². The van der Waals surface area contributed by atoms with E-state index in [4.69, 9.17) is 6.42 Å². The lowest BCUT2D eigenvalue weighted by molar-refractivity contribution is 0.433. The Morgan fingerprint density at radius 1 is 1.44 bits per heavy atom. The van der Waals surface area contributed by atoms with Gasteiger partial charge in [-0.15, -0.1) is 6.42 Å². The van der Waals surface area contributed by atoms with Crippen LogP contribution in [-0.2, 0) is 5.75 Å². The smallest absolute Gasteiger partial charge is 0.0746 e. The molecule has 0 saturated heterocycles. The minimum Gasteiger partial charge on any atom is -0.294 e. The van der Waals surface area contributed by atoms with E-state index in [1.165, 1.54) is 11.1 Å². The van der Waals surface area contributed by atoms with Crippen LogP contribution in [0.3, 0.4) is 0 Å². The minimum atomic E-state index is -0.240. The van der Waals surface area contributed by atoms with Crippen LogP contribution in [0.5, 0.6) is 0 Å². The van der Waals surface area contributed by atoms with Gasteiger partial charge in [-0.3, -0.25) is 5.32 Å². The molecule has 16 heavy (non-hydrogen) atoms. The maximum absolute atomic E-state index is 5.52. The van der Waals surface area contributed by atoms with Gasteiger partial charge in [0.15, 0.2) is 0 Å². The molecule has 1 aromatic carbocycles. The fourth-order valence-electron chi connectivity index (χ4n) is 1.98. The molecule has 1 aromatic rings. The van der Waals surface area contributed by atoms with Crippen LogP contribution in [0.4, 0.5) is 0 Å². The van der Waals surface area contributed by atoms with Crippen LogP contribution in [-0.4, -0.2) is 11.3 Å². The van der Waals surface area contributed by atoms with Gasteiger partial charge in [0.05, 0.1) is 5.54 Å². The van der Waals surface area contributed by atoms with Gasteiger partial charge in [0.2, 0.25) is 0 Å². The summed E-state index contributed by atoms with van der Waals surface area (Å²) in [6, 6.07) is 9.00. The van der Waals surface area contributed by atoms with Crippen molar-refractivity contribution >= 4 is 11.8 Å². The fraction of sp³-hybridized carbons (Fsp3) is 0.429. The predicted octanol–water partition coefficient (Wildman–Crippen LogP) is 2.98. The first-order valence-corrected chi connectivity index (χ1v) is 6.69. The maximum Gasteiger partial charge on any atom is 0.0746 e. The van der Waals surface area contributed by atoms with Crippen molar-refractivity contribution in [3.63, 3.8) is 0 Å². The summed E-state index contributed by atoms with van der Waals surface area (Å²) < 4.78 is 0. The van der Waals surface area contributed by atoms with Crippen LogP contribution in [0.15, 0.2) is 24.3 Å². The number of fused-ring (bicyclic) bond motifs is 1. The fourth-order valence-corrected chi connectivity index (χ4v) is 3.08. The van der Waals surface area contributed by atoms with Crippen molar-refractivity contribution in [2.75, 3.05) is 5.75 Å². The van der Waals surface area contributed by atoms with Gasteiger partial charge in [0.1, 0.15) is 0 Å². The second-order valence-corrected chi connectivity index (χ2v) is 5.71. The Hall–Kier alpha value is -0.910. The molecule has 0 bridgehead atoms. The van der Waals surface area contributed by atoms with Crippen LogP contribution in [0.2, 0.25) is 0 Å². The van der Waals surface area contributed by atoms with Gasteiger partial charge in [-0.2, -0.15) is 11.8 Å². The number of hydrogen-bond donors (Lipinski definition) is 1. The highest BCUT2D eigenvalue weighted by atomic mass is 32.2. The third-order valence-corrected chi connectivity index (χ3v) is 3.95. The molecule has 1 aliphatic rings. The highest BCUT2D eigenvalue weighted by molar-refractivity contribution is 7.98. The molecule has 1 atom stereocenters. The largest absolute Gasteiger partial charge is 0.294 e. The summed E-state index contributed by atoms with van der Waals surface area (Å²) >= 11 is 1.97. The van der Waals surface area contributed by atoms with Gasteiger partial charge in [0.25, 0.3) is 0 Å². The molecule has 0 radical (unpaired) electrons. The van der Waals surface area contributed by atoms with E-state index >= 15 is 0 Å². The van der Waals surface area contributed by atoms with E-state index in [0.29, 0.717) is 6.04 Å². The zero-order chi connectivity index (χ0) is 11.6. The topological polar surface area (TPSA) is 12.0 Å². The van der Waals surface area contributed by atoms with Crippen LogP contribution in [0, 0.1) is 12.3 Å². The third kappa shape index (κ3) is 2.42. The van der Waals surface area contributed by atoms with E-state index in [9.17, 15) is 0 Å². The van der Waals surface area contributed by atoms with E-state index in [-0.39, 0.29) is 5.54 Å². The molecule has 1 unspecified atom stereocenters. The minimum absolute atomic E-state index is 0.240. The summed E-state index contributed by atoms with van der Waals surface area (Å²) in [5.41, 5.74) is 2.60. The quantitative estimate of drug-likeness (QED) is 0.785. The molecule has 0 saturated carbocycles. The first kappa shape index (κ1) is 11.6. The van der Waals surface area contributed by atoms with Crippen molar-refractivity contribution in [1.82, 2.24) is 5.32 Å². The number of nitrogens with one attached hydrogen (secondary N) is 1. The molecule has 0 amide bonds. The lowest BCUT2D eigenvalue weighted by Crippen LogP contribution is -2.42. The summed E-state index contributed by atoms with van der Waals surface area (Å²) in [6.45, 7) is 4.10. The zero-order valence-corrected chi connectivity index (χ0v) is 10.6. The Morgan fingerprint density at radius 3 is 2.94 bits per heavy atom. The summed E-state index contributed by atoms with van der Waals surface area (Å²) in [6.07, 6.45) is 5.52. The average Bonchev–Trinajstić information content (AvgIpc) is 2.29. The van der Waals surface area contributed by atoms with Crippen LogP contribution >= 0.6 is 11.8 Å². The molecule has 84 valence electrons. The molecule has 2 rings (SSSR count). The highest BCUT2D eigenvalue weighted by Gasteiger charge is 2.25. The Bertz CT molecular complexity index is 417. The van der Waals surface area contributed by atoms with Crippen molar-refractivity contribution in [1.29, 1.82) is 0 Å². The number of benzene rings is 1. The number of terminal acetylenes is 1. The van der Waals surface area contributed by atoms with Gasteiger partial charge < -0.3 is 0 Å². The standard InChI is InChI=1S/C14H17NS/c1-4-14(2,3)15-13-10-16-9-11-7-5-6-8-12(11)13/h1,5-8,13,15H,9-10H2,2-3H3. The van der Waals surface area contributed by atoms with Gasteiger partial charge in [-0.05, 0) is 25.0 Å². The molecule has 1 nitrogen and oxygen atoms in total. The van der Waals surface area contributed by atoms with Crippen LogP contribution in [0.25, 0.3) is 0 Å². The molecule has 2 heteroatoms. The van der Waals surface area contributed by atoms with Gasteiger partial charge in [-0.1, -0.05) is 30.2 Å². The number of thioether (sulfide) groups is 1. The molecule has 0 aromatic heterocycles. The predicted molar refractivity (Wildman–Crippen MR) is 71.4 cm³/mol. The van der Waals surface area contributed by atoms with Crippen molar-refractivity contribution < 1.29 is 0 Å². The molecule has 0 aliphatic carbocycles. The molecule has 0 spiro atoms. The third-order valence-electron chi connectivity index (χ3n) is 2.87. The van der Waals surface area contributed by atoms with E-state index in [2.05, 4.69) is 49.4 Å².